The number of H-pyrrole nitrogens is 1. The number of anilines is 3. The Labute approximate surface area is 92.1 Å². The number of aromatic amines is 1. The fourth-order valence-electron chi connectivity index (χ4n) is 1.24. The van der Waals surface area contributed by atoms with Gasteiger partial charge in [-0.1, -0.05) is 0 Å². The number of amides is 1. The molecule has 0 fully saturated rings. The lowest BCUT2D eigenvalue weighted by Crippen LogP contribution is -2.05. The summed E-state index contributed by atoms with van der Waals surface area (Å²) in [5.41, 5.74) is 1.63. The maximum absolute atomic E-state index is 10.8. The molecule has 0 bridgehead atoms. The quantitative estimate of drug-likeness (QED) is 0.727. The van der Waals surface area contributed by atoms with E-state index >= 15 is 0 Å². The monoisotopic (exact) mass is 217 g/mol. The van der Waals surface area contributed by atoms with Crippen LogP contribution in [-0.2, 0) is 4.79 Å². The van der Waals surface area contributed by atoms with Crippen LogP contribution >= 0.6 is 0 Å². The van der Waals surface area contributed by atoms with Gasteiger partial charge in [0.1, 0.15) is 6.33 Å². The highest BCUT2D eigenvalue weighted by atomic mass is 16.1. The Balaban J connectivity index is 2.05. The molecule has 0 unspecified atom stereocenters. The maximum atomic E-state index is 10.8. The van der Waals surface area contributed by atoms with Crippen LogP contribution in [0, 0.1) is 0 Å². The van der Waals surface area contributed by atoms with Gasteiger partial charge in [0.05, 0.1) is 0 Å². The molecule has 82 valence electrons. The van der Waals surface area contributed by atoms with E-state index in [0.29, 0.717) is 5.95 Å². The van der Waals surface area contributed by atoms with E-state index in [9.17, 15) is 4.79 Å². The van der Waals surface area contributed by atoms with Crippen LogP contribution < -0.4 is 10.6 Å². The van der Waals surface area contributed by atoms with Crippen LogP contribution in [-0.4, -0.2) is 21.1 Å². The molecule has 1 aromatic heterocycles. The molecule has 0 radical (unpaired) electrons. The Bertz CT molecular complexity index is 462. The minimum atomic E-state index is -0.0871. The molecular formula is C10H11N5O. The van der Waals surface area contributed by atoms with Crippen LogP contribution in [0.3, 0.4) is 0 Å². The number of aromatic nitrogens is 3. The fraction of sp³-hybridized carbons (Fsp3) is 0.100. The highest BCUT2D eigenvalue weighted by molar-refractivity contribution is 5.88. The molecule has 0 spiro atoms. The number of hydrogen-bond acceptors (Lipinski definition) is 4. The normalized spacial score (nSPS) is 9.81. The number of carbonyl (C=O) groups excluding carboxylic acids is 1. The minimum absolute atomic E-state index is 0.0871. The summed E-state index contributed by atoms with van der Waals surface area (Å²) in [4.78, 5) is 13.6. The third kappa shape index (κ3) is 2.57. The third-order valence-corrected chi connectivity index (χ3v) is 1.88. The van der Waals surface area contributed by atoms with Crippen LogP contribution in [0.1, 0.15) is 6.92 Å². The molecule has 16 heavy (non-hydrogen) atoms. The fourth-order valence-corrected chi connectivity index (χ4v) is 1.24. The van der Waals surface area contributed by atoms with Gasteiger partial charge in [0.2, 0.25) is 11.9 Å². The zero-order valence-electron chi connectivity index (χ0n) is 8.69. The van der Waals surface area contributed by atoms with Crippen molar-refractivity contribution in [2.24, 2.45) is 0 Å². The molecule has 0 aliphatic carbocycles. The Hall–Kier alpha value is -2.37. The Morgan fingerprint density at radius 1 is 1.25 bits per heavy atom. The number of nitrogens with one attached hydrogen (secondary N) is 3. The van der Waals surface area contributed by atoms with E-state index in [1.165, 1.54) is 13.3 Å². The van der Waals surface area contributed by atoms with Gasteiger partial charge in [-0.15, -0.1) is 10.2 Å². The van der Waals surface area contributed by atoms with E-state index in [-0.39, 0.29) is 5.91 Å². The minimum Gasteiger partial charge on any atom is -0.326 e. The molecule has 1 amide bonds. The van der Waals surface area contributed by atoms with Crippen molar-refractivity contribution >= 4 is 23.2 Å². The van der Waals surface area contributed by atoms with Crippen LogP contribution in [0.2, 0.25) is 0 Å². The lowest BCUT2D eigenvalue weighted by molar-refractivity contribution is -0.114. The summed E-state index contributed by atoms with van der Waals surface area (Å²) in [6.45, 7) is 1.47. The SMILES string of the molecule is CC(=O)Nc1ccc(Nc2nnc[nH]2)cc1. The first-order chi connectivity index (χ1) is 7.74. The van der Waals surface area contributed by atoms with Crippen molar-refractivity contribution in [1.29, 1.82) is 0 Å². The molecule has 0 saturated carbocycles. The van der Waals surface area contributed by atoms with Crippen molar-refractivity contribution in [3.8, 4) is 0 Å². The Morgan fingerprint density at radius 2 is 1.94 bits per heavy atom. The van der Waals surface area contributed by atoms with E-state index in [2.05, 4.69) is 25.8 Å². The third-order valence-electron chi connectivity index (χ3n) is 1.88. The van der Waals surface area contributed by atoms with Crippen LogP contribution in [0.25, 0.3) is 0 Å². The summed E-state index contributed by atoms with van der Waals surface area (Å²) >= 11 is 0. The molecule has 1 heterocycles. The average Bonchev–Trinajstić information content (AvgIpc) is 2.73. The van der Waals surface area contributed by atoms with Gasteiger partial charge in [-0.3, -0.25) is 4.79 Å². The van der Waals surface area contributed by atoms with E-state index in [1.54, 1.807) is 12.1 Å². The van der Waals surface area contributed by atoms with Crippen LogP contribution in [0.5, 0.6) is 0 Å². The second kappa shape index (κ2) is 4.43. The first-order valence-corrected chi connectivity index (χ1v) is 4.75. The highest BCUT2D eigenvalue weighted by Crippen LogP contribution is 2.15. The van der Waals surface area contributed by atoms with Gasteiger partial charge in [-0.05, 0) is 24.3 Å². The molecule has 6 heteroatoms. The average molecular weight is 217 g/mol. The first kappa shape index (κ1) is 10.2. The van der Waals surface area contributed by atoms with Crippen molar-refractivity contribution in [2.45, 2.75) is 6.92 Å². The van der Waals surface area contributed by atoms with E-state index in [1.807, 2.05) is 12.1 Å². The van der Waals surface area contributed by atoms with Crippen molar-refractivity contribution in [1.82, 2.24) is 15.2 Å². The Kier molecular flexibility index (Phi) is 2.81. The summed E-state index contributed by atoms with van der Waals surface area (Å²) in [7, 11) is 0. The van der Waals surface area contributed by atoms with Gasteiger partial charge in [0, 0.05) is 18.3 Å². The predicted molar refractivity (Wildman–Crippen MR) is 60.4 cm³/mol. The number of rotatable bonds is 3. The van der Waals surface area contributed by atoms with E-state index in [0.717, 1.165) is 11.4 Å². The molecule has 2 aromatic rings. The van der Waals surface area contributed by atoms with E-state index < -0.39 is 0 Å². The molecule has 0 atom stereocenters. The van der Waals surface area contributed by atoms with Gasteiger partial charge in [-0.25, -0.2) is 0 Å². The zero-order valence-corrected chi connectivity index (χ0v) is 8.69. The summed E-state index contributed by atoms with van der Waals surface area (Å²) < 4.78 is 0. The molecule has 1 aromatic carbocycles. The summed E-state index contributed by atoms with van der Waals surface area (Å²) in [6, 6.07) is 7.29. The number of hydrogen-bond donors (Lipinski definition) is 3. The summed E-state index contributed by atoms with van der Waals surface area (Å²) in [6.07, 6.45) is 1.49. The van der Waals surface area contributed by atoms with Crippen molar-refractivity contribution < 1.29 is 4.79 Å². The second-order valence-corrected chi connectivity index (χ2v) is 3.22. The van der Waals surface area contributed by atoms with Crippen LogP contribution in [0.4, 0.5) is 17.3 Å². The molecule has 2 rings (SSSR count). The van der Waals surface area contributed by atoms with Gasteiger partial charge in [-0.2, -0.15) is 0 Å². The molecule has 0 aliphatic rings. The first-order valence-electron chi connectivity index (χ1n) is 4.75. The molecule has 0 aliphatic heterocycles. The molecule has 6 nitrogen and oxygen atoms in total. The second-order valence-electron chi connectivity index (χ2n) is 3.22. The molecular weight excluding hydrogens is 206 g/mol. The summed E-state index contributed by atoms with van der Waals surface area (Å²) in [5, 5.41) is 13.2. The van der Waals surface area contributed by atoms with E-state index in [4.69, 9.17) is 0 Å². The zero-order chi connectivity index (χ0) is 11.4. The topological polar surface area (TPSA) is 82.7 Å². The van der Waals surface area contributed by atoms with Gasteiger partial charge < -0.3 is 15.6 Å². The number of carbonyl (C=O) groups is 1. The lowest BCUT2D eigenvalue weighted by Gasteiger charge is -2.04. The van der Waals surface area contributed by atoms with Crippen molar-refractivity contribution in [2.75, 3.05) is 10.6 Å². The standard InChI is InChI=1S/C10H11N5O/c1-7(16)13-8-2-4-9(5-3-8)14-10-11-6-12-15-10/h2-6H,1H3,(H,13,16)(H2,11,12,14,15). The van der Waals surface area contributed by atoms with Crippen molar-refractivity contribution in [3.63, 3.8) is 0 Å². The Morgan fingerprint density at radius 3 is 2.50 bits per heavy atom. The highest BCUT2D eigenvalue weighted by Gasteiger charge is 1.98. The summed E-state index contributed by atoms with van der Waals surface area (Å²) in [5.74, 6) is 0.489. The number of nitrogens with zero attached hydrogens (tertiary/aromatic N) is 2. The van der Waals surface area contributed by atoms with Gasteiger partial charge in [0.15, 0.2) is 0 Å². The van der Waals surface area contributed by atoms with Crippen LogP contribution in [0.15, 0.2) is 30.6 Å². The predicted octanol–water partition coefficient (Wildman–Crippen LogP) is 1.51. The molecule has 0 saturated heterocycles. The molecule has 3 N–H and O–H groups in total. The van der Waals surface area contributed by atoms with Gasteiger partial charge >= 0.3 is 0 Å². The smallest absolute Gasteiger partial charge is 0.226 e. The lowest BCUT2D eigenvalue weighted by atomic mass is 10.3. The van der Waals surface area contributed by atoms with Gasteiger partial charge in [0.25, 0.3) is 0 Å². The van der Waals surface area contributed by atoms with Crippen molar-refractivity contribution in [3.05, 3.63) is 30.6 Å². The number of benzene rings is 1. The largest absolute Gasteiger partial charge is 0.326 e. The maximum Gasteiger partial charge on any atom is 0.226 e.